The van der Waals surface area contributed by atoms with Crippen molar-refractivity contribution in [1.29, 1.82) is 0 Å². The van der Waals surface area contributed by atoms with Gasteiger partial charge < -0.3 is 20.5 Å². The Morgan fingerprint density at radius 2 is 2.19 bits per heavy atom. The van der Waals surface area contributed by atoms with Crippen molar-refractivity contribution >= 4 is 5.84 Å². The van der Waals surface area contributed by atoms with Gasteiger partial charge in [0.15, 0.2) is 0 Å². The lowest BCUT2D eigenvalue weighted by atomic mass is 10.2. The second-order valence-corrected chi connectivity index (χ2v) is 3.48. The lowest BCUT2D eigenvalue weighted by Gasteiger charge is -2.28. The largest absolute Gasteiger partial charge is 0.392 e. The van der Waals surface area contributed by atoms with E-state index >= 15 is 0 Å². The standard InChI is InChI=1S/C11H19N3O2/c1-3-10(8-15)11(12)13-9(2)14-4-6-16-7-5-14/h3,15H,2,4-8H2,1H3,(H2,12,13)/b10-3-. The molecule has 1 aliphatic rings. The Morgan fingerprint density at radius 3 is 2.69 bits per heavy atom. The SMILES string of the molecule is C=C(/N=C(N)\C(=C/C)CO)N1CCOCC1. The summed E-state index contributed by atoms with van der Waals surface area (Å²) in [6.07, 6.45) is 1.74. The van der Waals surface area contributed by atoms with Crippen molar-refractivity contribution in [2.45, 2.75) is 6.92 Å². The molecular weight excluding hydrogens is 206 g/mol. The van der Waals surface area contributed by atoms with Crippen LogP contribution in [0.1, 0.15) is 6.92 Å². The smallest absolute Gasteiger partial charge is 0.130 e. The highest BCUT2D eigenvalue weighted by Gasteiger charge is 2.12. The van der Waals surface area contributed by atoms with E-state index in [1.807, 2.05) is 11.8 Å². The van der Waals surface area contributed by atoms with Crippen LogP contribution in [0.2, 0.25) is 0 Å². The van der Waals surface area contributed by atoms with Crippen LogP contribution in [0.3, 0.4) is 0 Å². The van der Waals surface area contributed by atoms with E-state index in [1.54, 1.807) is 6.08 Å². The number of ether oxygens (including phenoxy) is 1. The molecule has 5 nitrogen and oxygen atoms in total. The zero-order valence-corrected chi connectivity index (χ0v) is 9.65. The summed E-state index contributed by atoms with van der Waals surface area (Å²) < 4.78 is 5.23. The second kappa shape index (κ2) is 6.30. The van der Waals surface area contributed by atoms with Gasteiger partial charge in [-0.1, -0.05) is 12.7 Å². The molecule has 0 amide bonds. The van der Waals surface area contributed by atoms with Crippen LogP contribution in [0.5, 0.6) is 0 Å². The molecule has 5 heteroatoms. The number of nitrogens with two attached hydrogens (primary N) is 1. The zero-order chi connectivity index (χ0) is 12.0. The van der Waals surface area contributed by atoms with E-state index in [9.17, 15) is 0 Å². The quantitative estimate of drug-likeness (QED) is 0.525. The number of aliphatic imine (C=N–C) groups is 1. The van der Waals surface area contributed by atoms with Gasteiger partial charge in [-0.05, 0) is 6.92 Å². The molecule has 0 aromatic heterocycles. The molecule has 1 fully saturated rings. The highest BCUT2D eigenvalue weighted by molar-refractivity contribution is 5.97. The first kappa shape index (κ1) is 12.7. The van der Waals surface area contributed by atoms with E-state index in [1.165, 1.54) is 0 Å². The van der Waals surface area contributed by atoms with E-state index in [-0.39, 0.29) is 6.61 Å². The maximum atomic E-state index is 9.03. The molecule has 0 radical (unpaired) electrons. The number of aliphatic hydroxyl groups is 1. The van der Waals surface area contributed by atoms with Crippen molar-refractivity contribution in [2.24, 2.45) is 10.7 Å². The van der Waals surface area contributed by atoms with Gasteiger partial charge in [-0.25, -0.2) is 4.99 Å². The van der Waals surface area contributed by atoms with Crippen LogP contribution in [-0.4, -0.2) is 48.8 Å². The predicted molar refractivity (Wildman–Crippen MR) is 64.0 cm³/mol. The summed E-state index contributed by atoms with van der Waals surface area (Å²) in [5, 5.41) is 9.03. The fourth-order valence-electron chi connectivity index (χ4n) is 1.42. The third kappa shape index (κ3) is 3.36. The van der Waals surface area contributed by atoms with Gasteiger partial charge in [0.2, 0.25) is 0 Å². The Balaban J connectivity index is 2.63. The Bertz CT molecular complexity index is 304. The number of allylic oxidation sites excluding steroid dienone is 1. The number of hydrogen-bond donors (Lipinski definition) is 2. The molecule has 0 atom stereocenters. The highest BCUT2D eigenvalue weighted by atomic mass is 16.5. The first-order valence-corrected chi connectivity index (χ1v) is 5.31. The van der Waals surface area contributed by atoms with Crippen LogP contribution in [0, 0.1) is 0 Å². The summed E-state index contributed by atoms with van der Waals surface area (Å²) in [4.78, 5) is 6.20. The van der Waals surface area contributed by atoms with Gasteiger partial charge in [-0.15, -0.1) is 0 Å². The molecule has 0 unspecified atom stereocenters. The molecular formula is C11H19N3O2. The van der Waals surface area contributed by atoms with Crippen LogP contribution in [0.25, 0.3) is 0 Å². The summed E-state index contributed by atoms with van der Waals surface area (Å²) in [5.74, 6) is 0.940. The average molecular weight is 225 g/mol. The van der Waals surface area contributed by atoms with Crippen molar-refractivity contribution < 1.29 is 9.84 Å². The number of nitrogens with zero attached hydrogens (tertiary/aromatic N) is 2. The topological polar surface area (TPSA) is 71.1 Å². The molecule has 0 bridgehead atoms. The second-order valence-electron chi connectivity index (χ2n) is 3.48. The molecule has 1 rings (SSSR count). The third-order valence-electron chi connectivity index (χ3n) is 2.47. The fourth-order valence-corrected chi connectivity index (χ4v) is 1.42. The lowest BCUT2D eigenvalue weighted by molar-refractivity contribution is 0.0534. The van der Waals surface area contributed by atoms with E-state index in [0.717, 1.165) is 13.1 Å². The molecule has 90 valence electrons. The molecule has 1 aliphatic heterocycles. The van der Waals surface area contributed by atoms with Gasteiger partial charge in [0.25, 0.3) is 0 Å². The lowest BCUT2D eigenvalue weighted by Crippen LogP contribution is -2.35. The minimum absolute atomic E-state index is 0.109. The first-order valence-electron chi connectivity index (χ1n) is 5.31. The molecule has 1 heterocycles. The van der Waals surface area contributed by atoms with E-state index in [2.05, 4.69) is 11.6 Å². The minimum Gasteiger partial charge on any atom is -0.392 e. The van der Waals surface area contributed by atoms with Crippen LogP contribution in [0.15, 0.2) is 29.0 Å². The minimum atomic E-state index is -0.109. The maximum Gasteiger partial charge on any atom is 0.130 e. The van der Waals surface area contributed by atoms with Crippen LogP contribution >= 0.6 is 0 Å². The average Bonchev–Trinajstić information content (AvgIpc) is 2.31. The van der Waals surface area contributed by atoms with Gasteiger partial charge in [-0.3, -0.25) is 0 Å². The maximum absolute atomic E-state index is 9.03. The Hall–Kier alpha value is -1.33. The summed E-state index contributed by atoms with van der Waals surface area (Å²) in [6.45, 7) is 8.49. The van der Waals surface area contributed by atoms with Crippen molar-refractivity contribution in [2.75, 3.05) is 32.9 Å². The van der Waals surface area contributed by atoms with Gasteiger partial charge >= 0.3 is 0 Å². The summed E-state index contributed by atoms with van der Waals surface area (Å²) in [6, 6.07) is 0. The summed E-state index contributed by atoms with van der Waals surface area (Å²) in [5.41, 5.74) is 6.37. The van der Waals surface area contributed by atoms with E-state index in [0.29, 0.717) is 30.4 Å². The molecule has 1 saturated heterocycles. The van der Waals surface area contributed by atoms with E-state index < -0.39 is 0 Å². The van der Waals surface area contributed by atoms with Crippen molar-refractivity contribution in [3.05, 3.63) is 24.0 Å². The Kier molecular flexibility index (Phi) is 5.01. The van der Waals surface area contributed by atoms with Crippen LogP contribution in [0.4, 0.5) is 0 Å². The molecule has 0 aromatic carbocycles. The molecule has 0 aliphatic carbocycles. The van der Waals surface area contributed by atoms with Crippen molar-refractivity contribution in [3.8, 4) is 0 Å². The Labute approximate surface area is 95.9 Å². The predicted octanol–water partition coefficient (Wildman–Crippen LogP) is 0.0856. The molecule has 0 aromatic rings. The van der Waals surface area contributed by atoms with Crippen LogP contribution < -0.4 is 5.73 Å². The van der Waals surface area contributed by atoms with Gasteiger partial charge in [0, 0.05) is 18.7 Å². The highest BCUT2D eigenvalue weighted by Crippen LogP contribution is 2.08. The summed E-state index contributed by atoms with van der Waals surface area (Å²) in [7, 11) is 0. The normalized spacial score (nSPS) is 18.8. The van der Waals surface area contributed by atoms with Gasteiger partial charge in [-0.2, -0.15) is 0 Å². The molecule has 16 heavy (non-hydrogen) atoms. The van der Waals surface area contributed by atoms with Crippen molar-refractivity contribution in [1.82, 2.24) is 4.90 Å². The number of hydrogen-bond acceptors (Lipinski definition) is 4. The third-order valence-corrected chi connectivity index (χ3v) is 2.47. The van der Waals surface area contributed by atoms with Gasteiger partial charge in [0.1, 0.15) is 11.7 Å². The van der Waals surface area contributed by atoms with Gasteiger partial charge in [0.05, 0.1) is 19.8 Å². The first-order chi connectivity index (χ1) is 7.69. The Morgan fingerprint density at radius 1 is 1.56 bits per heavy atom. The molecule has 0 spiro atoms. The fraction of sp³-hybridized carbons (Fsp3) is 0.545. The molecule has 0 saturated carbocycles. The molecule has 3 N–H and O–H groups in total. The number of amidine groups is 1. The van der Waals surface area contributed by atoms with Crippen molar-refractivity contribution in [3.63, 3.8) is 0 Å². The van der Waals surface area contributed by atoms with E-state index in [4.69, 9.17) is 15.6 Å². The monoisotopic (exact) mass is 225 g/mol. The number of aliphatic hydroxyl groups excluding tert-OH is 1. The zero-order valence-electron chi connectivity index (χ0n) is 9.65. The number of rotatable bonds is 4. The summed E-state index contributed by atoms with van der Waals surface area (Å²) >= 11 is 0. The van der Waals surface area contributed by atoms with Crippen LogP contribution in [-0.2, 0) is 4.74 Å². The number of morpholine rings is 1.